The van der Waals surface area contributed by atoms with E-state index in [9.17, 15) is 97.8 Å². The Morgan fingerprint density at radius 3 is 0.909 bits per heavy atom. The number of rotatable bonds is 64. The van der Waals surface area contributed by atoms with Gasteiger partial charge in [-0.2, -0.15) is 35.1 Å². The number of ketones is 8. The van der Waals surface area contributed by atoms with Crippen LogP contribution >= 0.6 is 0 Å². The fraction of sp³-hybridized carbons (Fsp3) is 0.833. The molecule has 0 aromatic carbocycles. The smallest absolute Gasteiger partial charge is 0.306 e. The number of aliphatic hydroxyl groups excluding tert-OH is 1. The summed E-state index contributed by atoms with van der Waals surface area (Å²) in [5.74, 6) is -19.2. The van der Waals surface area contributed by atoms with Crippen LogP contribution in [0.5, 0.6) is 0 Å². The molecular weight excluding hydrogens is 1580 g/mol. The van der Waals surface area contributed by atoms with Gasteiger partial charge < -0.3 is 24.1 Å². The molecule has 2 saturated carbocycles. The van der Waals surface area contributed by atoms with E-state index in [0.29, 0.717) is 128 Å². The minimum absolute atomic E-state index is 0.0302. The van der Waals surface area contributed by atoms with Crippen LogP contribution in [0, 0.1) is 47.3 Å². The van der Waals surface area contributed by atoms with Gasteiger partial charge in [-0.05, 0) is 200 Å². The Kier molecular flexibility index (Phi) is 59.0. The number of esters is 4. The highest BCUT2D eigenvalue weighted by Crippen LogP contribution is 2.41. The Bertz CT molecular complexity index is 2940. The molecule has 4 rings (SSSR count). The minimum atomic E-state index is -3.32. The summed E-state index contributed by atoms with van der Waals surface area (Å²) >= 11 is 0. The van der Waals surface area contributed by atoms with Crippen LogP contribution in [0.1, 0.15) is 411 Å². The van der Waals surface area contributed by atoms with Gasteiger partial charge in [-0.25, -0.2) is 0 Å². The molecule has 4 aliphatic carbocycles. The molecule has 0 unspecified atom stereocenters. The summed E-state index contributed by atoms with van der Waals surface area (Å²) in [6.45, 7) is 22.3. The molecular formula is C96H156F8O17. The number of allylic oxidation sites excluding steroid dienone is 4. The van der Waals surface area contributed by atoms with Gasteiger partial charge in [0.2, 0.25) is 23.1 Å². The van der Waals surface area contributed by atoms with Crippen molar-refractivity contribution < 1.29 is 117 Å². The van der Waals surface area contributed by atoms with E-state index in [-0.39, 0.29) is 171 Å². The number of aliphatic hydroxyl groups is 1. The first-order chi connectivity index (χ1) is 57.1. The first kappa shape index (κ1) is 113. The van der Waals surface area contributed by atoms with E-state index in [1.54, 1.807) is 12.2 Å². The quantitative estimate of drug-likeness (QED) is 0.0257. The third-order valence-electron chi connectivity index (χ3n) is 23.3. The second-order valence-corrected chi connectivity index (χ2v) is 35.4. The zero-order valence-corrected chi connectivity index (χ0v) is 75.9. The van der Waals surface area contributed by atoms with Crippen LogP contribution < -0.4 is 0 Å². The van der Waals surface area contributed by atoms with E-state index in [4.69, 9.17) is 18.9 Å². The predicted molar refractivity (Wildman–Crippen MR) is 455 cm³/mol. The zero-order valence-electron chi connectivity index (χ0n) is 75.9. The van der Waals surface area contributed by atoms with Gasteiger partial charge in [0.05, 0.1) is 30.5 Å². The van der Waals surface area contributed by atoms with Crippen LogP contribution in [0.15, 0.2) is 24.3 Å². The minimum Gasteiger partial charge on any atom is -0.463 e. The van der Waals surface area contributed by atoms with E-state index >= 15 is 0 Å². The molecule has 0 aliphatic heterocycles. The van der Waals surface area contributed by atoms with Crippen LogP contribution in [0.2, 0.25) is 0 Å². The maximum absolute atomic E-state index is 14.0. The maximum Gasteiger partial charge on any atom is 0.306 e. The lowest BCUT2D eigenvalue weighted by atomic mass is 9.85. The molecule has 0 heterocycles. The Hall–Kier alpha value is -5.88. The fourth-order valence-corrected chi connectivity index (χ4v) is 16.3. The lowest BCUT2D eigenvalue weighted by Gasteiger charge is -2.22. The number of hydrogen-bond acceptors (Lipinski definition) is 17. The van der Waals surface area contributed by atoms with Crippen molar-refractivity contribution in [3.8, 4) is 0 Å². The number of ether oxygens (including phenoxy) is 4. The highest BCUT2D eigenvalue weighted by Gasteiger charge is 2.45. The Morgan fingerprint density at radius 2 is 0.612 bits per heavy atom. The molecule has 0 amide bonds. The third kappa shape index (κ3) is 50.2. The van der Waals surface area contributed by atoms with Crippen molar-refractivity contribution in [1.82, 2.24) is 0 Å². The molecule has 698 valence electrons. The van der Waals surface area contributed by atoms with Crippen molar-refractivity contribution >= 4 is 70.1 Å². The number of Topliss-reactive ketones (excluding diaryl/α,β-unsaturated/α-hetero) is 6. The SMILES string of the molecule is CCCCCC(F)(F)C(=O)CC[C@H]1C=CC(=O)[C@@H]1CCCCCCC(=O)OC(C)C.CCCCCC(F)(F)C(=O)CC[C@H]1C=CC(=O)[C@@H]1CCCCCCC(=O)OC(C)C.CCCCCC(F)(F)C(=O)CC[C@H]1CCC(=O)[C@@H]1CCCCCCC(=O)OC(C)C.CCCCCC(F)(F)C(=O)CC[C@H]1[C@H](O)CC(=O)[C@@H]1CCCCCCC(=O)OC(C)C. The molecule has 9 atom stereocenters. The summed E-state index contributed by atoms with van der Waals surface area (Å²) in [6.07, 6.45) is 30.6. The van der Waals surface area contributed by atoms with E-state index in [2.05, 4.69) is 0 Å². The number of carbonyl (C=O) groups is 12. The lowest BCUT2D eigenvalue weighted by Crippen LogP contribution is -2.30. The van der Waals surface area contributed by atoms with Crippen molar-refractivity contribution in [2.45, 2.75) is 465 Å². The molecule has 1 N–H and O–H groups in total. The molecule has 0 aromatic rings. The summed E-state index contributed by atoms with van der Waals surface area (Å²) in [4.78, 5) is 143. The lowest BCUT2D eigenvalue weighted by molar-refractivity contribution is -0.148. The second-order valence-electron chi connectivity index (χ2n) is 35.4. The predicted octanol–water partition coefficient (Wildman–Crippen LogP) is 24.3. The van der Waals surface area contributed by atoms with Crippen molar-refractivity contribution in [1.29, 1.82) is 0 Å². The molecule has 121 heavy (non-hydrogen) atoms. The van der Waals surface area contributed by atoms with Gasteiger partial charge in [0.1, 0.15) is 11.6 Å². The molecule has 0 radical (unpaired) electrons. The van der Waals surface area contributed by atoms with Gasteiger partial charge in [0, 0.05) is 114 Å². The third-order valence-corrected chi connectivity index (χ3v) is 23.3. The van der Waals surface area contributed by atoms with Crippen LogP contribution in [0.4, 0.5) is 35.1 Å². The van der Waals surface area contributed by atoms with Crippen molar-refractivity contribution in [3.63, 3.8) is 0 Å². The summed E-state index contributed by atoms with van der Waals surface area (Å²) < 4.78 is 132. The van der Waals surface area contributed by atoms with E-state index in [0.717, 1.165) is 135 Å². The van der Waals surface area contributed by atoms with Gasteiger partial charge in [-0.15, -0.1) is 0 Å². The van der Waals surface area contributed by atoms with Gasteiger partial charge in [0.25, 0.3) is 0 Å². The highest BCUT2D eigenvalue weighted by molar-refractivity contribution is 5.95. The van der Waals surface area contributed by atoms with Gasteiger partial charge >= 0.3 is 47.6 Å². The molecule has 4 aliphatic rings. The zero-order chi connectivity index (χ0) is 91.2. The van der Waals surface area contributed by atoms with Crippen molar-refractivity contribution in [3.05, 3.63) is 24.3 Å². The average Bonchev–Trinajstić information content (AvgIpc) is 1.69. The Labute approximate surface area is 720 Å². The van der Waals surface area contributed by atoms with Crippen molar-refractivity contribution in [2.24, 2.45) is 47.3 Å². The molecule has 2 fully saturated rings. The summed E-state index contributed by atoms with van der Waals surface area (Å²) in [6, 6.07) is 0. The van der Waals surface area contributed by atoms with Gasteiger partial charge in [-0.3, -0.25) is 57.5 Å². The maximum atomic E-state index is 14.0. The summed E-state index contributed by atoms with van der Waals surface area (Å²) in [5.41, 5.74) is 0. The van der Waals surface area contributed by atoms with Gasteiger partial charge in [0.15, 0.2) is 11.6 Å². The largest absolute Gasteiger partial charge is 0.463 e. The number of hydrogen-bond donors (Lipinski definition) is 1. The van der Waals surface area contributed by atoms with Crippen LogP contribution in [-0.2, 0) is 76.5 Å². The van der Waals surface area contributed by atoms with E-state index < -0.39 is 65.3 Å². The first-order valence-electron chi connectivity index (χ1n) is 46.7. The van der Waals surface area contributed by atoms with Gasteiger partial charge in [-0.1, -0.05) is 168 Å². The average molecular weight is 1730 g/mol. The molecule has 25 heteroatoms. The number of carbonyl (C=O) groups excluding carboxylic acids is 12. The Morgan fingerprint density at radius 1 is 0.339 bits per heavy atom. The Balaban J connectivity index is 0.000000807. The highest BCUT2D eigenvalue weighted by atomic mass is 19.3. The molecule has 17 nitrogen and oxygen atoms in total. The van der Waals surface area contributed by atoms with E-state index in [1.807, 2.05) is 83.1 Å². The molecule has 0 spiro atoms. The first-order valence-corrected chi connectivity index (χ1v) is 46.7. The van der Waals surface area contributed by atoms with Crippen LogP contribution in [-0.4, -0.2) is 129 Å². The molecule has 0 saturated heterocycles. The number of halogens is 8. The molecule has 0 bridgehead atoms. The second kappa shape index (κ2) is 63.1. The molecule has 0 aromatic heterocycles. The van der Waals surface area contributed by atoms with Crippen LogP contribution in [0.25, 0.3) is 0 Å². The van der Waals surface area contributed by atoms with E-state index in [1.165, 1.54) is 12.2 Å². The monoisotopic (exact) mass is 1730 g/mol. The number of alkyl halides is 8. The topological polar surface area (TPSA) is 262 Å². The standard InChI is InChI=1S/C24H40F2O5.C24H40F2O4.2C24H38F2O4/c1-4-5-10-15-24(25,26)22(29)14-13-19-18(20(27)16-21(19)28)11-8-6-7-9-12-23(30)31-17(2)3;3*1-4-5-10-17-24(25,26)22(28)16-14-19-13-15-21(27)20(19)11-8-6-7-9-12-23(29)30-18(2)3/h17-19,21,28H,4-16H2,1-3H3;18-20H,4-17H2,1-3H3;2*13,15,18-20H,4-12,14,16-17H2,1-3H3/t18-,19-,21-;3*19-,20-/m1111/s1. The summed E-state index contributed by atoms with van der Waals surface area (Å²) in [7, 11) is 0. The number of unbranched alkanes of at least 4 members (excludes halogenated alkanes) is 20. The van der Waals surface area contributed by atoms with Crippen LogP contribution in [0.3, 0.4) is 0 Å². The fourth-order valence-electron chi connectivity index (χ4n) is 16.3. The summed E-state index contributed by atoms with van der Waals surface area (Å²) in [5, 5.41) is 10.2. The normalized spacial score (nSPS) is 19.8. The van der Waals surface area contributed by atoms with Crippen molar-refractivity contribution in [2.75, 3.05) is 0 Å².